The molecular weight excluding hydrogens is 445 g/mol. The highest BCUT2D eigenvalue weighted by molar-refractivity contribution is 7.99. The predicted molar refractivity (Wildman–Crippen MR) is 126 cm³/mol. The number of aromatic nitrogens is 1. The Hall–Kier alpha value is -3.19. The number of hydrogen-bond donors (Lipinski definition) is 1. The largest absolute Gasteiger partial charge is 0.416 e. The number of amides is 1. The molecule has 7 heteroatoms. The van der Waals surface area contributed by atoms with E-state index in [1.807, 2.05) is 36.4 Å². The third-order valence-corrected chi connectivity index (χ3v) is 6.62. The van der Waals surface area contributed by atoms with Gasteiger partial charge in [0.1, 0.15) is 0 Å². The van der Waals surface area contributed by atoms with Gasteiger partial charge in [-0.3, -0.25) is 4.79 Å². The van der Waals surface area contributed by atoms with E-state index >= 15 is 0 Å². The maximum absolute atomic E-state index is 12.9. The maximum atomic E-state index is 12.9. The van der Waals surface area contributed by atoms with Crippen molar-refractivity contribution in [3.05, 3.63) is 102 Å². The molecule has 0 fully saturated rings. The van der Waals surface area contributed by atoms with E-state index in [4.69, 9.17) is 0 Å². The molecule has 3 nitrogen and oxygen atoms in total. The van der Waals surface area contributed by atoms with Crippen LogP contribution in [0.4, 0.5) is 13.2 Å². The Labute approximate surface area is 194 Å². The van der Waals surface area contributed by atoms with Crippen LogP contribution in [0.25, 0.3) is 10.9 Å². The first-order valence-corrected chi connectivity index (χ1v) is 11.5. The zero-order valence-corrected chi connectivity index (χ0v) is 18.8. The summed E-state index contributed by atoms with van der Waals surface area (Å²) in [5.74, 6) is -0.523. The molecule has 1 amide bonds. The van der Waals surface area contributed by atoms with Crippen molar-refractivity contribution in [3.8, 4) is 0 Å². The molecule has 4 rings (SSSR count). The number of halogens is 3. The van der Waals surface area contributed by atoms with Gasteiger partial charge in [0, 0.05) is 45.9 Å². The molecule has 0 aliphatic heterocycles. The van der Waals surface area contributed by atoms with Crippen LogP contribution in [0, 0.1) is 0 Å². The minimum atomic E-state index is -4.48. The lowest BCUT2D eigenvalue weighted by Crippen LogP contribution is -2.27. The molecule has 33 heavy (non-hydrogen) atoms. The summed E-state index contributed by atoms with van der Waals surface area (Å²) in [5, 5.41) is 4.14. The topological polar surface area (TPSA) is 34.0 Å². The van der Waals surface area contributed by atoms with E-state index in [2.05, 4.69) is 41.2 Å². The third kappa shape index (κ3) is 5.42. The van der Waals surface area contributed by atoms with Crippen LogP contribution < -0.4 is 5.32 Å². The molecule has 170 valence electrons. The van der Waals surface area contributed by atoms with Crippen LogP contribution >= 0.6 is 11.8 Å². The van der Waals surface area contributed by atoms with Crippen molar-refractivity contribution >= 4 is 28.6 Å². The molecular formula is C26H23F3N2OS. The van der Waals surface area contributed by atoms with E-state index in [9.17, 15) is 18.0 Å². The number of carbonyl (C=O) groups is 1. The molecule has 3 aromatic carbocycles. The van der Waals surface area contributed by atoms with Crippen molar-refractivity contribution in [2.24, 2.45) is 0 Å². The van der Waals surface area contributed by atoms with Gasteiger partial charge in [-0.2, -0.15) is 13.2 Å². The molecule has 0 saturated carbocycles. The fourth-order valence-corrected chi connectivity index (χ4v) is 4.87. The molecule has 1 heterocycles. The number of para-hydroxylation sites is 1. The van der Waals surface area contributed by atoms with Crippen molar-refractivity contribution < 1.29 is 18.0 Å². The second-order valence-electron chi connectivity index (χ2n) is 7.71. The van der Waals surface area contributed by atoms with Gasteiger partial charge in [0.15, 0.2) is 0 Å². The van der Waals surface area contributed by atoms with Crippen LogP contribution in [-0.2, 0) is 12.7 Å². The molecule has 0 aliphatic carbocycles. The lowest BCUT2D eigenvalue weighted by molar-refractivity contribution is -0.137. The standard InChI is InChI=1S/C26H23F3N2OS/c1-18(19-8-3-2-4-9-19)33-24-17-31(23-13-6-5-12-22(23)24)15-14-30-25(32)20-10-7-11-21(16-20)26(27,28)29/h2-13,16-18H,14-15H2,1H3,(H,30,32)/t18-/m0/s1. The highest BCUT2D eigenvalue weighted by Gasteiger charge is 2.30. The number of fused-ring (bicyclic) bond motifs is 1. The van der Waals surface area contributed by atoms with Gasteiger partial charge in [0.25, 0.3) is 5.91 Å². The van der Waals surface area contributed by atoms with E-state index in [1.165, 1.54) is 17.7 Å². The van der Waals surface area contributed by atoms with Gasteiger partial charge in [-0.25, -0.2) is 0 Å². The first kappa shape index (κ1) is 23.0. The Morgan fingerprint density at radius 3 is 2.48 bits per heavy atom. The summed E-state index contributed by atoms with van der Waals surface area (Å²) in [6.45, 7) is 2.97. The molecule has 0 radical (unpaired) electrons. The number of hydrogen-bond acceptors (Lipinski definition) is 2. The zero-order chi connectivity index (χ0) is 23.4. The van der Waals surface area contributed by atoms with E-state index in [0.717, 1.165) is 27.9 Å². The van der Waals surface area contributed by atoms with Crippen molar-refractivity contribution in [1.82, 2.24) is 9.88 Å². The number of nitrogens with one attached hydrogen (secondary N) is 1. The number of rotatable bonds is 7. The first-order chi connectivity index (χ1) is 15.8. The van der Waals surface area contributed by atoms with Crippen LogP contribution in [0.1, 0.15) is 33.7 Å². The minimum absolute atomic E-state index is 0.00452. The molecule has 0 bridgehead atoms. The average Bonchev–Trinajstić information content (AvgIpc) is 3.16. The summed E-state index contributed by atoms with van der Waals surface area (Å²) < 4.78 is 40.8. The van der Waals surface area contributed by atoms with Gasteiger partial charge < -0.3 is 9.88 Å². The summed E-state index contributed by atoms with van der Waals surface area (Å²) in [7, 11) is 0. The Bertz CT molecular complexity index is 1250. The third-order valence-electron chi connectivity index (χ3n) is 5.42. The molecule has 1 atom stereocenters. The zero-order valence-electron chi connectivity index (χ0n) is 18.0. The van der Waals surface area contributed by atoms with E-state index in [1.54, 1.807) is 11.8 Å². The van der Waals surface area contributed by atoms with E-state index < -0.39 is 17.6 Å². The van der Waals surface area contributed by atoms with Crippen LogP contribution in [0.2, 0.25) is 0 Å². The highest BCUT2D eigenvalue weighted by Crippen LogP contribution is 2.39. The number of nitrogens with zero attached hydrogens (tertiary/aromatic N) is 1. The summed E-state index contributed by atoms with van der Waals surface area (Å²) in [4.78, 5) is 13.5. The van der Waals surface area contributed by atoms with Crippen LogP contribution in [-0.4, -0.2) is 17.0 Å². The van der Waals surface area contributed by atoms with Gasteiger partial charge >= 0.3 is 6.18 Å². The quantitative estimate of drug-likeness (QED) is 0.298. The Morgan fingerprint density at radius 2 is 1.73 bits per heavy atom. The summed E-state index contributed by atoms with van der Waals surface area (Å²) in [6, 6.07) is 22.8. The van der Waals surface area contributed by atoms with Crippen LogP contribution in [0.15, 0.2) is 90.0 Å². The number of carbonyl (C=O) groups excluding carboxylic acids is 1. The van der Waals surface area contributed by atoms with E-state index in [0.29, 0.717) is 13.1 Å². The van der Waals surface area contributed by atoms with Crippen molar-refractivity contribution in [2.75, 3.05) is 6.54 Å². The Kier molecular flexibility index (Phi) is 6.79. The molecule has 0 saturated heterocycles. The SMILES string of the molecule is C[C@H](Sc1cn(CCNC(=O)c2cccc(C(F)(F)F)c2)c2ccccc12)c1ccccc1. The van der Waals surface area contributed by atoms with Crippen LogP contribution in [0.5, 0.6) is 0 Å². The fraction of sp³-hybridized carbons (Fsp3) is 0.192. The molecule has 0 unspecified atom stereocenters. The monoisotopic (exact) mass is 468 g/mol. The lowest BCUT2D eigenvalue weighted by Gasteiger charge is -2.11. The van der Waals surface area contributed by atoms with Gasteiger partial charge in [0.05, 0.1) is 5.56 Å². The minimum Gasteiger partial charge on any atom is -0.350 e. The fourth-order valence-electron chi connectivity index (χ4n) is 3.70. The summed E-state index contributed by atoms with van der Waals surface area (Å²) in [5.41, 5.74) is 1.46. The van der Waals surface area contributed by atoms with E-state index in [-0.39, 0.29) is 10.8 Å². The average molecular weight is 469 g/mol. The highest BCUT2D eigenvalue weighted by atomic mass is 32.2. The van der Waals surface area contributed by atoms with Crippen molar-refractivity contribution in [3.63, 3.8) is 0 Å². The summed E-state index contributed by atoms with van der Waals surface area (Å²) >= 11 is 1.77. The van der Waals surface area contributed by atoms with Crippen molar-refractivity contribution in [2.45, 2.75) is 29.8 Å². The predicted octanol–water partition coefficient (Wildman–Crippen LogP) is 6.94. The van der Waals surface area contributed by atoms with Crippen LogP contribution in [0.3, 0.4) is 0 Å². The molecule has 1 aromatic heterocycles. The van der Waals surface area contributed by atoms with Gasteiger partial charge in [0.2, 0.25) is 0 Å². The van der Waals surface area contributed by atoms with Gasteiger partial charge in [-0.1, -0.05) is 54.6 Å². The summed E-state index contributed by atoms with van der Waals surface area (Å²) in [6.07, 6.45) is -2.41. The number of thioether (sulfide) groups is 1. The second-order valence-corrected chi connectivity index (χ2v) is 9.09. The van der Waals surface area contributed by atoms with Crippen molar-refractivity contribution in [1.29, 1.82) is 0 Å². The number of benzene rings is 3. The Morgan fingerprint density at radius 1 is 1.00 bits per heavy atom. The lowest BCUT2D eigenvalue weighted by atomic mass is 10.1. The van der Waals surface area contributed by atoms with Gasteiger partial charge in [-0.05, 0) is 36.8 Å². The molecule has 4 aromatic rings. The normalized spacial score (nSPS) is 12.6. The Balaban J connectivity index is 1.46. The maximum Gasteiger partial charge on any atom is 0.416 e. The number of alkyl halides is 3. The van der Waals surface area contributed by atoms with Gasteiger partial charge in [-0.15, -0.1) is 11.8 Å². The molecule has 1 N–H and O–H groups in total. The first-order valence-electron chi connectivity index (χ1n) is 10.6. The molecule has 0 aliphatic rings. The second kappa shape index (κ2) is 9.75. The smallest absolute Gasteiger partial charge is 0.350 e. The molecule has 0 spiro atoms.